The lowest BCUT2D eigenvalue weighted by atomic mass is 9.90. The van der Waals surface area contributed by atoms with E-state index in [2.05, 4.69) is 50.5 Å². The molecule has 0 aliphatic carbocycles. The third-order valence-electron chi connectivity index (χ3n) is 5.04. The highest BCUT2D eigenvalue weighted by Gasteiger charge is 2.27. The largest absolute Gasteiger partial charge is 0.336 e. The molecule has 0 radical (unpaired) electrons. The van der Waals surface area contributed by atoms with Crippen molar-refractivity contribution in [3.05, 3.63) is 71.6 Å². The first kappa shape index (κ1) is 19.7. The number of rotatable bonds is 5. The van der Waals surface area contributed by atoms with Gasteiger partial charge >= 0.3 is 0 Å². The zero-order valence-corrected chi connectivity index (χ0v) is 17.3. The van der Waals surface area contributed by atoms with Crippen molar-refractivity contribution in [2.75, 3.05) is 13.1 Å². The Morgan fingerprint density at radius 2 is 2.11 bits per heavy atom. The summed E-state index contributed by atoms with van der Waals surface area (Å²) in [6.45, 7) is 11.9. The third kappa shape index (κ3) is 5.01. The van der Waals surface area contributed by atoms with Gasteiger partial charge in [0, 0.05) is 23.7 Å². The van der Waals surface area contributed by atoms with Gasteiger partial charge in [-0.25, -0.2) is 4.98 Å². The number of aromatic nitrogens is 1. The van der Waals surface area contributed by atoms with Crippen LogP contribution in [-0.4, -0.2) is 28.9 Å². The molecule has 1 aliphatic rings. The maximum absolute atomic E-state index is 12.9. The van der Waals surface area contributed by atoms with Crippen LogP contribution >= 0.6 is 11.8 Å². The molecule has 142 valence electrons. The number of piperidine rings is 1. The number of carbonyl (C=O) groups excluding carboxylic acids is 1. The van der Waals surface area contributed by atoms with E-state index >= 15 is 0 Å². The predicted octanol–water partition coefficient (Wildman–Crippen LogP) is 5.27. The number of likely N-dealkylation sites (tertiary alicyclic amines) is 1. The van der Waals surface area contributed by atoms with Crippen molar-refractivity contribution in [1.29, 1.82) is 0 Å². The minimum atomic E-state index is 0.0340. The maximum Gasteiger partial charge on any atom is 0.272 e. The topological polar surface area (TPSA) is 33.2 Å². The molecule has 27 heavy (non-hydrogen) atoms. The molecule has 2 heterocycles. The highest BCUT2D eigenvalue weighted by Crippen LogP contribution is 2.27. The van der Waals surface area contributed by atoms with Crippen LogP contribution < -0.4 is 0 Å². The normalized spacial score (nSPS) is 19.7. The fourth-order valence-corrected chi connectivity index (χ4v) is 4.61. The Bertz CT molecular complexity index is 833. The number of benzene rings is 1. The number of amides is 1. The smallest absolute Gasteiger partial charge is 0.272 e. The fourth-order valence-electron chi connectivity index (χ4n) is 3.69. The molecule has 0 N–H and O–H groups in total. The molecule has 1 aromatic carbocycles. The van der Waals surface area contributed by atoms with Crippen LogP contribution in [0.4, 0.5) is 0 Å². The summed E-state index contributed by atoms with van der Waals surface area (Å²) in [6.07, 6.45) is 3.08. The lowest BCUT2D eigenvalue weighted by Gasteiger charge is -2.35. The molecule has 1 aromatic heterocycles. The fraction of sp³-hybridized carbons (Fsp3) is 0.391. The molecule has 2 aromatic rings. The van der Waals surface area contributed by atoms with Crippen molar-refractivity contribution in [3.63, 3.8) is 0 Å². The molecule has 0 bridgehead atoms. The summed E-state index contributed by atoms with van der Waals surface area (Å²) < 4.78 is 0. The van der Waals surface area contributed by atoms with Gasteiger partial charge in [-0.05, 0) is 55.9 Å². The SMILES string of the molecule is C=CC1CC(C)CN(C(=O)c2cccc(CSc3ccc(C)cc3C)n2)C1. The molecule has 1 aliphatic heterocycles. The van der Waals surface area contributed by atoms with Crippen LogP contribution in [0, 0.1) is 25.7 Å². The monoisotopic (exact) mass is 380 g/mol. The van der Waals surface area contributed by atoms with Gasteiger partial charge in [-0.15, -0.1) is 18.3 Å². The number of carbonyl (C=O) groups is 1. The first-order valence-electron chi connectivity index (χ1n) is 9.54. The van der Waals surface area contributed by atoms with Gasteiger partial charge in [-0.1, -0.05) is 36.8 Å². The van der Waals surface area contributed by atoms with Gasteiger partial charge in [-0.2, -0.15) is 0 Å². The van der Waals surface area contributed by atoms with Crippen molar-refractivity contribution < 1.29 is 4.79 Å². The summed E-state index contributed by atoms with van der Waals surface area (Å²) in [4.78, 5) is 20.8. The molecule has 2 unspecified atom stereocenters. The minimum Gasteiger partial charge on any atom is -0.336 e. The van der Waals surface area contributed by atoms with E-state index in [1.807, 2.05) is 29.2 Å². The van der Waals surface area contributed by atoms with E-state index in [4.69, 9.17) is 0 Å². The van der Waals surface area contributed by atoms with E-state index in [9.17, 15) is 4.79 Å². The third-order valence-corrected chi connectivity index (χ3v) is 6.25. The van der Waals surface area contributed by atoms with Gasteiger partial charge in [-0.3, -0.25) is 4.79 Å². The summed E-state index contributed by atoms with van der Waals surface area (Å²) in [5.41, 5.74) is 4.04. The summed E-state index contributed by atoms with van der Waals surface area (Å²) in [5, 5.41) is 0. The second-order valence-corrected chi connectivity index (χ2v) is 8.64. The standard InChI is InChI=1S/C23H28N2OS/c1-5-19-12-17(3)13-25(14-19)23(26)21-8-6-7-20(24-21)15-27-22-10-9-16(2)11-18(22)4/h5-11,17,19H,1,12-15H2,2-4H3. The summed E-state index contributed by atoms with van der Waals surface area (Å²) in [7, 11) is 0. The number of aryl methyl sites for hydroxylation is 2. The molecule has 1 amide bonds. The average molecular weight is 381 g/mol. The van der Waals surface area contributed by atoms with Crippen LogP contribution in [0.1, 0.15) is 40.7 Å². The Morgan fingerprint density at radius 3 is 2.85 bits per heavy atom. The molecule has 3 nitrogen and oxygen atoms in total. The zero-order valence-electron chi connectivity index (χ0n) is 16.4. The lowest BCUT2D eigenvalue weighted by Crippen LogP contribution is -2.43. The van der Waals surface area contributed by atoms with Gasteiger partial charge in [0.2, 0.25) is 0 Å². The van der Waals surface area contributed by atoms with Gasteiger partial charge in [0.05, 0.1) is 5.69 Å². The van der Waals surface area contributed by atoms with Crippen molar-refractivity contribution in [1.82, 2.24) is 9.88 Å². The van der Waals surface area contributed by atoms with Crippen LogP contribution in [0.15, 0.2) is 53.9 Å². The van der Waals surface area contributed by atoms with Gasteiger partial charge in [0.25, 0.3) is 5.91 Å². The number of hydrogen-bond donors (Lipinski definition) is 0. The minimum absolute atomic E-state index is 0.0340. The van der Waals surface area contributed by atoms with Crippen molar-refractivity contribution >= 4 is 17.7 Å². The van der Waals surface area contributed by atoms with Crippen LogP contribution in [0.25, 0.3) is 0 Å². The molecule has 0 spiro atoms. The molecule has 1 fully saturated rings. The summed E-state index contributed by atoms with van der Waals surface area (Å²) in [6, 6.07) is 12.3. The highest BCUT2D eigenvalue weighted by molar-refractivity contribution is 7.98. The molecule has 4 heteroatoms. The second-order valence-electron chi connectivity index (χ2n) is 7.62. The van der Waals surface area contributed by atoms with Crippen molar-refractivity contribution in [2.45, 2.75) is 37.8 Å². The van der Waals surface area contributed by atoms with Crippen LogP contribution in [-0.2, 0) is 5.75 Å². The average Bonchev–Trinajstić information content (AvgIpc) is 2.66. The highest BCUT2D eigenvalue weighted by atomic mass is 32.2. The van der Waals surface area contributed by atoms with E-state index in [1.165, 1.54) is 16.0 Å². The van der Waals surface area contributed by atoms with E-state index in [-0.39, 0.29) is 5.91 Å². The van der Waals surface area contributed by atoms with Crippen LogP contribution in [0.2, 0.25) is 0 Å². The van der Waals surface area contributed by atoms with E-state index in [0.29, 0.717) is 17.5 Å². The van der Waals surface area contributed by atoms with Crippen molar-refractivity contribution in [2.24, 2.45) is 11.8 Å². The second kappa shape index (κ2) is 8.75. The van der Waals surface area contributed by atoms with Crippen molar-refractivity contribution in [3.8, 4) is 0 Å². The number of thioether (sulfide) groups is 1. The molecule has 3 rings (SSSR count). The van der Waals surface area contributed by atoms with Gasteiger partial charge in [0.1, 0.15) is 5.69 Å². The van der Waals surface area contributed by atoms with Gasteiger partial charge < -0.3 is 4.90 Å². The maximum atomic E-state index is 12.9. The van der Waals surface area contributed by atoms with E-state index < -0.39 is 0 Å². The van der Waals surface area contributed by atoms with Crippen LogP contribution in [0.3, 0.4) is 0 Å². The zero-order chi connectivity index (χ0) is 19.4. The molecular formula is C23H28N2OS. The predicted molar refractivity (Wildman–Crippen MR) is 113 cm³/mol. The van der Waals surface area contributed by atoms with E-state index in [0.717, 1.165) is 31.0 Å². The lowest BCUT2D eigenvalue weighted by molar-refractivity contribution is 0.0636. The Kier molecular flexibility index (Phi) is 6.38. The van der Waals surface area contributed by atoms with E-state index in [1.54, 1.807) is 11.8 Å². The summed E-state index contributed by atoms with van der Waals surface area (Å²) >= 11 is 1.77. The number of nitrogens with zero attached hydrogens (tertiary/aromatic N) is 2. The number of hydrogen-bond acceptors (Lipinski definition) is 3. The van der Waals surface area contributed by atoms with Gasteiger partial charge in [0.15, 0.2) is 0 Å². The Labute approximate surface area is 166 Å². The molecular weight excluding hydrogens is 352 g/mol. The first-order valence-corrected chi connectivity index (χ1v) is 10.5. The molecule has 1 saturated heterocycles. The Morgan fingerprint density at radius 1 is 1.30 bits per heavy atom. The molecule has 2 atom stereocenters. The number of pyridine rings is 1. The van der Waals surface area contributed by atoms with Crippen LogP contribution in [0.5, 0.6) is 0 Å². The quantitative estimate of drug-likeness (QED) is 0.523. The first-order chi connectivity index (χ1) is 13.0. The Balaban J connectivity index is 1.69. The summed E-state index contributed by atoms with van der Waals surface area (Å²) in [5.74, 6) is 1.66. The molecule has 0 saturated carbocycles. The Hall–Kier alpha value is -2.07.